The number of nitrogens with two attached hydrogens (primary N) is 1. The molecule has 0 saturated carbocycles. The molecule has 11 heavy (non-hydrogen) atoms. The van der Waals surface area contributed by atoms with E-state index in [2.05, 4.69) is 5.32 Å². The summed E-state index contributed by atoms with van der Waals surface area (Å²) < 4.78 is 0. The Hall–Kier alpha value is -0.320. The molecule has 1 saturated heterocycles. The molecular formula is C6H13ClN2O2. The van der Waals surface area contributed by atoms with Gasteiger partial charge in [-0.1, -0.05) is 0 Å². The summed E-state index contributed by atoms with van der Waals surface area (Å²) in [7, 11) is 0. The van der Waals surface area contributed by atoms with Gasteiger partial charge >= 0.3 is 0 Å². The fourth-order valence-electron chi connectivity index (χ4n) is 1.16. The highest BCUT2D eigenvalue weighted by Crippen LogP contribution is 2.13. The van der Waals surface area contributed by atoms with Crippen LogP contribution < -0.4 is 11.1 Å². The second-order valence-electron chi connectivity index (χ2n) is 2.58. The number of rotatable bonds is 2. The number of aliphatic hydroxyl groups is 1. The SMILES string of the molecule is Cl.NC(O)C[C@@H]1CCNC1=O. The Bertz CT molecular complexity index is 141. The normalized spacial score (nSPS) is 25.6. The van der Waals surface area contributed by atoms with Crippen LogP contribution in [0.3, 0.4) is 0 Å². The number of hydrogen-bond acceptors (Lipinski definition) is 3. The molecule has 5 heteroatoms. The molecule has 1 rings (SSSR count). The average molecular weight is 181 g/mol. The Kier molecular flexibility index (Phi) is 4.40. The molecule has 4 nitrogen and oxygen atoms in total. The lowest BCUT2D eigenvalue weighted by Gasteiger charge is -2.07. The number of carbonyl (C=O) groups excluding carboxylic acids is 1. The first-order valence-electron chi connectivity index (χ1n) is 3.41. The molecule has 0 radical (unpaired) electrons. The van der Waals surface area contributed by atoms with E-state index in [0.29, 0.717) is 6.42 Å². The molecule has 0 aliphatic carbocycles. The highest BCUT2D eigenvalue weighted by molar-refractivity contribution is 5.85. The minimum absolute atomic E-state index is 0. The molecule has 2 atom stereocenters. The summed E-state index contributed by atoms with van der Waals surface area (Å²) in [6.45, 7) is 0.718. The van der Waals surface area contributed by atoms with E-state index in [1.54, 1.807) is 0 Å². The van der Waals surface area contributed by atoms with Gasteiger partial charge in [-0.05, 0) is 12.8 Å². The topological polar surface area (TPSA) is 75.3 Å². The number of nitrogens with one attached hydrogen (secondary N) is 1. The molecule has 1 unspecified atom stereocenters. The minimum Gasteiger partial charge on any atom is -0.379 e. The van der Waals surface area contributed by atoms with Gasteiger partial charge in [0.2, 0.25) is 5.91 Å². The van der Waals surface area contributed by atoms with Crippen molar-refractivity contribution in [3.05, 3.63) is 0 Å². The Labute approximate surface area is 71.6 Å². The van der Waals surface area contributed by atoms with Gasteiger partial charge in [0.25, 0.3) is 0 Å². The van der Waals surface area contributed by atoms with E-state index in [-0.39, 0.29) is 24.2 Å². The second-order valence-corrected chi connectivity index (χ2v) is 2.58. The van der Waals surface area contributed by atoms with Crippen molar-refractivity contribution in [2.24, 2.45) is 11.7 Å². The smallest absolute Gasteiger partial charge is 0.223 e. The van der Waals surface area contributed by atoms with E-state index in [1.165, 1.54) is 0 Å². The average Bonchev–Trinajstić information content (AvgIpc) is 2.15. The third-order valence-corrected chi connectivity index (χ3v) is 1.69. The van der Waals surface area contributed by atoms with Crippen molar-refractivity contribution in [3.63, 3.8) is 0 Å². The molecular weight excluding hydrogens is 168 g/mol. The van der Waals surface area contributed by atoms with Crippen molar-refractivity contribution >= 4 is 18.3 Å². The van der Waals surface area contributed by atoms with Crippen molar-refractivity contribution in [2.45, 2.75) is 19.1 Å². The molecule has 0 aromatic heterocycles. The molecule has 0 aromatic carbocycles. The van der Waals surface area contributed by atoms with Crippen molar-refractivity contribution in [1.82, 2.24) is 5.32 Å². The number of amides is 1. The van der Waals surface area contributed by atoms with Crippen LogP contribution in [0.5, 0.6) is 0 Å². The zero-order chi connectivity index (χ0) is 7.56. The van der Waals surface area contributed by atoms with Gasteiger partial charge in [0, 0.05) is 12.5 Å². The van der Waals surface area contributed by atoms with Gasteiger partial charge in [-0.2, -0.15) is 0 Å². The van der Waals surface area contributed by atoms with Crippen LogP contribution in [0.25, 0.3) is 0 Å². The Morgan fingerprint density at radius 1 is 1.82 bits per heavy atom. The Morgan fingerprint density at radius 2 is 2.45 bits per heavy atom. The first kappa shape index (κ1) is 10.7. The van der Waals surface area contributed by atoms with Gasteiger partial charge < -0.3 is 16.2 Å². The summed E-state index contributed by atoms with van der Waals surface area (Å²) in [5, 5.41) is 11.4. The quantitative estimate of drug-likeness (QED) is 0.488. The first-order chi connectivity index (χ1) is 4.70. The van der Waals surface area contributed by atoms with Crippen LogP contribution in [0.15, 0.2) is 0 Å². The minimum atomic E-state index is -0.853. The number of aliphatic hydroxyl groups excluding tert-OH is 1. The highest BCUT2D eigenvalue weighted by Gasteiger charge is 2.24. The van der Waals surface area contributed by atoms with E-state index in [0.717, 1.165) is 13.0 Å². The van der Waals surface area contributed by atoms with Gasteiger partial charge in [-0.15, -0.1) is 12.4 Å². The summed E-state index contributed by atoms with van der Waals surface area (Å²) in [5.41, 5.74) is 5.11. The van der Waals surface area contributed by atoms with Crippen molar-refractivity contribution < 1.29 is 9.90 Å². The monoisotopic (exact) mass is 180 g/mol. The number of halogens is 1. The third kappa shape index (κ3) is 3.05. The van der Waals surface area contributed by atoms with Gasteiger partial charge in [-0.25, -0.2) is 0 Å². The van der Waals surface area contributed by atoms with Crippen LogP contribution in [-0.4, -0.2) is 23.8 Å². The van der Waals surface area contributed by atoms with Crippen LogP contribution in [0, 0.1) is 5.92 Å². The standard InChI is InChI=1S/C6H12N2O2.ClH/c7-5(9)3-4-1-2-8-6(4)10;/h4-5,9H,1-3,7H2,(H,8,10);1H/t4-,5?;/m0./s1. The maximum absolute atomic E-state index is 10.8. The van der Waals surface area contributed by atoms with Crippen LogP contribution in [-0.2, 0) is 4.79 Å². The Morgan fingerprint density at radius 3 is 2.82 bits per heavy atom. The summed E-state index contributed by atoms with van der Waals surface area (Å²) >= 11 is 0. The van der Waals surface area contributed by atoms with Crippen molar-refractivity contribution in [1.29, 1.82) is 0 Å². The van der Waals surface area contributed by atoms with Crippen LogP contribution >= 0.6 is 12.4 Å². The largest absolute Gasteiger partial charge is 0.379 e. The first-order valence-corrected chi connectivity index (χ1v) is 3.41. The predicted octanol–water partition coefficient (Wildman–Crippen LogP) is -0.788. The van der Waals surface area contributed by atoms with Crippen LogP contribution in [0.2, 0.25) is 0 Å². The van der Waals surface area contributed by atoms with Crippen LogP contribution in [0.1, 0.15) is 12.8 Å². The number of carbonyl (C=O) groups is 1. The summed E-state index contributed by atoms with van der Waals surface area (Å²) in [4.78, 5) is 10.8. The second kappa shape index (κ2) is 4.54. The van der Waals surface area contributed by atoms with E-state index < -0.39 is 6.23 Å². The van der Waals surface area contributed by atoms with Crippen LogP contribution in [0.4, 0.5) is 0 Å². The Balaban J connectivity index is 0.000001000. The summed E-state index contributed by atoms with van der Waals surface area (Å²) in [5.74, 6) is -0.0514. The fraction of sp³-hybridized carbons (Fsp3) is 0.833. The van der Waals surface area contributed by atoms with E-state index in [4.69, 9.17) is 10.8 Å². The molecule has 1 amide bonds. The zero-order valence-corrected chi connectivity index (χ0v) is 6.93. The molecule has 4 N–H and O–H groups in total. The lowest BCUT2D eigenvalue weighted by molar-refractivity contribution is -0.123. The third-order valence-electron chi connectivity index (χ3n) is 1.69. The molecule has 0 aromatic rings. The van der Waals surface area contributed by atoms with Gasteiger partial charge in [-0.3, -0.25) is 4.79 Å². The lowest BCUT2D eigenvalue weighted by Crippen LogP contribution is -2.27. The molecule has 0 bridgehead atoms. The van der Waals surface area contributed by atoms with Crippen molar-refractivity contribution in [2.75, 3.05) is 6.54 Å². The van der Waals surface area contributed by atoms with Gasteiger partial charge in [0.15, 0.2) is 0 Å². The molecule has 1 fully saturated rings. The summed E-state index contributed by atoms with van der Waals surface area (Å²) in [6, 6.07) is 0. The maximum Gasteiger partial charge on any atom is 0.223 e. The van der Waals surface area contributed by atoms with E-state index >= 15 is 0 Å². The van der Waals surface area contributed by atoms with E-state index in [9.17, 15) is 4.79 Å². The molecule has 66 valence electrons. The van der Waals surface area contributed by atoms with E-state index in [1.807, 2.05) is 0 Å². The fourth-order valence-corrected chi connectivity index (χ4v) is 1.16. The molecule has 1 aliphatic heterocycles. The molecule has 1 aliphatic rings. The highest BCUT2D eigenvalue weighted by atomic mass is 35.5. The maximum atomic E-state index is 10.8. The molecule has 1 heterocycles. The predicted molar refractivity (Wildman–Crippen MR) is 43.2 cm³/mol. The van der Waals surface area contributed by atoms with Gasteiger partial charge in [0.05, 0.1) is 0 Å². The van der Waals surface area contributed by atoms with Gasteiger partial charge in [0.1, 0.15) is 6.23 Å². The van der Waals surface area contributed by atoms with Crippen molar-refractivity contribution in [3.8, 4) is 0 Å². The summed E-state index contributed by atoms with van der Waals surface area (Å²) in [6.07, 6.45) is 0.327. The lowest BCUT2D eigenvalue weighted by atomic mass is 10.0. The zero-order valence-electron chi connectivity index (χ0n) is 6.12. The molecule has 0 spiro atoms. The number of hydrogen-bond donors (Lipinski definition) is 3.